The molecule has 1 N–H and O–H groups in total. The standard InChI is InChI=1S/C16H31NO/c1-5-13(12(3)4)17-14-11-15(18-6-2)16(14)9-7-8-10-16/h12-15,17H,5-11H2,1-4H3. The molecule has 0 amide bonds. The molecule has 0 aromatic carbocycles. The van der Waals surface area contributed by atoms with Gasteiger partial charge >= 0.3 is 0 Å². The van der Waals surface area contributed by atoms with Gasteiger partial charge in [-0.15, -0.1) is 0 Å². The van der Waals surface area contributed by atoms with Crippen molar-refractivity contribution in [3.8, 4) is 0 Å². The first-order valence-corrected chi connectivity index (χ1v) is 8.01. The molecule has 2 rings (SSSR count). The highest BCUT2D eigenvalue weighted by atomic mass is 16.5. The van der Waals surface area contributed by atoms with E-state index in [0.717, 1.165) is 12.5 Å². The lowest BCUT2D eigenvalue weighted by Crippen LogP contribution is -2.64. The summed E-state index contributed by atoms with van der Waals surface area (Å²) in [7, 11) is 0. The molecule has 0 radical (unpaired) electrons. The predicted octanol–water partition coefficient (Wildman–Crippen LogP) is 3.75. The molecule has 1 spiro atoms. The second-order valence-corrected chi connectivity index (χ2v) is 6.60. The number of hydrogen-bond donors (Lipinski definition) is 1. The third kappa shape index (κ3) is 2.46. The Kier molecular flexibility index (Phi) is 4.71. The van der Waals surface area contributed by atoms with Crippen LogP contribution in [0.2, 0.25) is 0 Å². The Hall–Kier alpha value is -0.0800. The maximum atomic E-state index is 5.98. The van der Waals surface area contributed by atoms with E-state index in [1.807, 2.05) is 0 Å². The van der Waals surface area contributed by atoms with Crippen molar-refractivity contribution in [2.45, 2.75) is 84.4 Å². The van der Waals surface area contributed by atoms with Crippen molar-refractivity contribution in [2.24, 2.45) is 11.3 Å². The summed E-state index contributed by atoms with van der Waals surface area (Å²) in [4.78, 5) is 0. The minimum Gasteiger partial charge on any atom is -0.378 e. The van der Waals surface area contributed by atoms with Crippen LogP contribution in [-0.2, 0) is 4.74 Å². The Morgan fingerprint density at radius 3 is 2.39 bits per heavy atom. The smallest absolute Gasteiger partial charge is 0.0661 e. The third-order valence-corrected chi connectivity index (χ3v) is 5.35. The van der Waals surface area contributed by atoms with Crippen molar-refractivity contribution >= 4 is 0 Å². The molecule has 0 aromatic rings. The van der Waals surface area contributed by atoms with Gasteiger partial charge in [0.05, 0.1) is 6.10 Å². The number of nitrogens with one attached hydrogen (secondary N) is 1. The van der Waals surface area contributed by atoms with Crippen LogP contribution in [0.25, 0.3) is 0 Å². The molecule has 0 aliphatic heterocycles. The molecular formula is C16H31NO. The topological polar surface area (TPSA) is 21.3 Å². The largest absolute Gasteiger partial charge is 0.378 e. The van der Waals surface area contributed by atoms with Crippen LogP contribution in [0.4, 0.5) is 0 Å². The second-order valence-electron chi connectivity index (χ2n) is 6.60. The van der Waals surface area contributed by atoms with Crippen molar-refractivity contribution < 1.29 is 4.74 Å². The SMILES string of the molecule is CCOC1CC(NC(CC)C(C)C)C12CCCC2. The maximum Gasteiger partial charge on any atom is 0.0661 e. The van der Waals surface area contributed by atoms with Crippen LogP contribution in [-0.4, -0.2) is 24.8 Å². The molecule has 106 valence electrons. The first-order chi connectivity index (χ1) is 8.64. The Labute approximate surface area is 113 Å². The zero-order valence-corrected chi connectivity index (χ0v) is 12.7. The molecule has 2 aliphatic rings. The van der Waals surface area contributed by atoms with E-state index in [0.29, 0.717) is 23.6 Å². The summed E-state index contributed by atoms with van der Waals surface area (Å²) in [5.41, 5.74) is 0.484. The summed E-state index contributed by atoms with van der Waals surface area (Å²) < 4.78 is 5.98. The van der Waals surface area contributed by atoms with Crippen molar-refractivity contribution in [1.29, 1.82) is 0 Å². The van der Waals surface area contributed by atoms with E-state index in [4.69, 9.17) is 4.74 Å². The van der Waals surface area contributed by atoms with Gasteiger partial charge in [0.25, 0.3) is 0 Å². The predicted molar refractivity (Wildman–Crippen MR) is 76.8 cm³/mol. The van der Waals surface area contributed by atoms with E-state index in [1.54, 1.807) is 0 Å². The maximum absolute atomic E-state index is 5.98. The zero-order chi connectivity index (χ0) is 13.2. The van der Waals surface area contributed by atoms with E-state index in [2.05, 4.69) is 33.0 Å². The van der Waals surface area contributed by atoms with Crippen LogP contribution in [0.1, 0.15) is 66.2 Å². The van der Waals surface area contributed by atoms with E-state index in [-0.39, 0.29) is 0 Å². The van der Waals surface area contributed by atoms with Crippen molar-refractivity contribution in [1.82, 2.24) is 5.32 Å². The van der Waals surface area contributed by atoms with Gasteiger partial charge in [-0.1, -0.05) is 33.6 Å². The van der Waals surface area contributed by atoms with Crippen molar-refractivity contribution in [3.63, 3.8) is 0 Å². The van der Waals surface area contributed by atoms with Crippen LogP contribution in [0, 0.1) is 11.3 Å². The molecule has 2 saturated carbocycles. The van der Waals surface area contributed by atoms with Crippen molar-refractivity contribution in [2.75, 3.05) is 6.61 Å². The molecule has 2 fully saturated rings. The minimum atomic E-state index is 0.484. The lowest BCUT2D eigenvalue weighted by molar-refractivity contribution is -0.133. The summed E-state index contributed by atoms with van der Waals surface area (Å²) in [5.74, 6) is 0.736. The van der Waals surface area contributed by atoms with Gasteiger partial charge in [0, 0.05) is 24.1 Å². The van der Waals surface area contributed by atoms with Crippen molar-refractivity contribution in [3.05, 3.63) is 0 Å². The van der Waals surface area contributed by atoms with Crippen LogP contribution >= 0.6 is 0 Å². The van der Waals surface area contributed by atoms with E-state index < -0.39 is 0 Å². The molecule has 2 heteroatoms. The molecule has 3 atom stereocenters. The Bertz CT molecular complexity index is 258. The van der Waals surface area contributed by atoms with Crippen LogP contribution in [0.5, 0.6) is 0 Å². The summed E-state index contributed by atoms with van der Waals surface area (Å²) in [6, 6.07) is 1.39. The minimum absolute atomic E-state index is 0.484. The molecule has 0 bridgehead atoms. The molecule has 0 saturated heterocycles. The van der Waals surface area contributed by atoms with Gasteiger partial charge in [-0.05, 0) is 38.5 Å². The lowest BCUT2D eigenvalue weighted by Gasteiger charge is -2.55. The summed E-state index contributed by atoms with van der Waals surface area (Å²) >= 11 is 0. The van der Waals surface area contributed by atoms with Gasteiger partial charge in [-0.3, -0.25) is 0 Å². The normalized spacial score (nSPS) is 31.8. The van der Waals surface area contributed by atoms with Gasteiger partial charge in [0.2, 0.25) is 0 Å². The summed E-state index contributed by atoms with van der Waals surface area (Å²) in [6.07, 6.45) is 8.57. The highest BCUT2D eigenvalue weighted by molar-refractivity contribution is 5.10. The van der Waals surface area contributed by atoms with E-state index in [1.165, 1.54) is 38.5 Å². The first kappa shape index (κ1) is 14.3. The van der Waals surface area contributed by atoms with Crippen LogP contribution < -0.4 is 5.32 Å². The quantitative estimate of drug-likeness (QED) is 0.778. The van der Waals surface area contributed by atoms with Gasteiger partial charge in [0.15, 0.2) is 0 Å². The molecule has 2 aliphatic carbocycles. The Balaban J connectivity index is 1.97. The molecule has 0 heterocycles. The van der Waals surface area contributed by atoms with Gasteiger partial charge in [-0.25, -0.2) is 0 Å². The zero-order valence-electron chi connectivity index (χ0n) is 12.7. The summed E-state index contributed by atoms with van der Waals surface area (Å²) in [5, 5.41) is 3.94. The fourth-order valence-electron chi connectivity index (χ4n) is 4.16. The number of ether oxygens (including phenoxy) is 1. The lowest BCUT2D eigenvalue weighted by atomic mass is 9.60. The van der Waals surface area contributed by atoms with E-state index in [9.17, 15) is 0 Å². The molecule has 18 heavy (non-hydrogen) atoms. The van der Waals surface area contributed by atoms with Gasteiger partial charge in [-0.2, -0.15) is 0 Å². The van der Waals surface area contributed by atoms with Gasteiger partial charge in [0.1, 0.15) is 0 Å². The number of hydrogen-bond acceptors (Lipinski definition) is 2. The third-order valence-electron chi connectivity index (χ3n) is 5.35. The van der Waals surface area contributed by atoms with E-state index >= 15 is 0 Å². The fourth-order valence-corrected chi connectivity index (χ4v) is 4.16. The average Bonchev–Trinajstić information content (AvgIpc) is 2.84. The summed E-state index contributed by atoms with van der Waals surface area (Å²) in [6.45, 7) is 9.98. The molecule has 0 aromatic heterocycles. The Morgan fingerprint density at radius 2 is 1.89 bits per heavy atom. The average molecular weight is 253 g/mol. The van der Waals surface area contributed by atoms with Crippen LogP contribution in [0.3, 0.4) is 0 Å². The first-order valence-electron chi connectivity index (χ1n) is 8.01. The molecule has 3 unspecified atom stereocenters. The number of rotatable bonds is 6. The highest BCUT2D eigenvalue weighted by Crippen LogP contribution is 2.55. The Morgan fingerprint density at radius 1 is 1.22 bits per heavy atom. The monoisotopic (exact) mass is 253 g/mol. The second kappa shape index (κ2) is 5.92. The molecule has 2 nitrogen and oxygen atoms in total. The fraction of sp³-hybridized carbons (Fsp3) is 1.00. The van der Waals surface area contributed by atoms with Gasteiger partial charge < -0.3 is 10.1 Å². The van der Waals surface area contributed by atoms with Crippen LogP contribution in [0.15, 0.2) is 0 Å². The molecular weight excluding hydrogens is 222 g/mol. The highest BCUT2D eigenvalue weighted by Gasteiger charge is 2.56.